The number of hydrogen-bond donors (Lipinski definition) is 1. The number of aromatic nitrogens is 1. The number of nitro groups is 1. The van der Waals surface area contributed by atoms with Crippen LogP contribution in [0.3, 0.4) is 0 Å². The van der Waals surface area contributed by atoms with E-state index in [-0.39, 0.29) is 18.3 Å². The van der Waals surface area contributed by atoms with Crippen molar-refractivity contribution in [2.75, 3.05) is 18.1 Å². The highest BCUT2D eigenvalue weighted by Crippen LogP contribution is 2.39. The van der Waals surface area contributed by atoms with E-state index in [1.807, 2.05) is 11.8 Å². The van der Waals surface area contributed by atoms with E-state index in [4.69, 9.17) is 0 Å². The van der Waals surface area contributed by atoms with Crippen LogP contribution in [0.4, 0.5) is 11.4 Å². The fraction of sp³-hybridized carbons (Fsp3) is 0.545. The standard InChI is InChI=1S/C11H14BrN3O3/c1-7-2-3-14(10(7)6-16)11-8(12)4-13-5-9(11)15(17)18/h4-5,7,10,16H,2-3,6H2,1H3. The first-order valence-corrected chi connectivity index (χ1v) is 6.51. The summed E-state index contributed by atoms with van der Waals surface area (Å²) in [6.45, 7) is 2.74. The van der Waals surface area contributed by atoms with Gasteiger partial charge in [0, 0.05) is 12.7 Å². The third-order valence-electron chi connectivity index (χ3n) is 3.41. The minimum absolute atomic E-state index is 0.00686. The summed E-state index contributed by atoms with van der Waals surface area (Å²) < 4.78 is 0.587. The predicted molar refractivity (Wildman–Crippen MR) is 70.6 cm³/mol. The maximum Gasteiger partial charge on any atom is 0.311 e. The molecule has 0 radical (unpaired) electrons. The van der Waals surface area contributed by atoms with Gasteiger partial charge in [-0.3, -0.25) is 15.1 Å². The molecule has 1 aromatic heterocycles. The molecule has 2 unspecified atom stereocenters. The van der Waals surface area contributed by atoms with Gasteiger partial charge in [-0.2, -0.15) is 0 Å². The van der Waals surface area contributed by atoms with Gasteiger partial charge in [-0.25, -0.2) is 0 Å². The second-order valence-electron chi connectivity index (χ2n) is 4.46. The van der Waals surface area contributed by atoms with E-state index in [0.29, 0.717) is 22.6 Å². The number of nitrogens with zero attached hydrogens (tertiary/aromatic N) is 3. The van der Waals surface area contributed by atoms with Gasteiger partial charge in [-0.05, 0) is 28.3 Å². The minimum atomic E-state index is -0.440. The van der Waals surface area contributed by atoms with Crippen LogP contribution in [0.5, 0.6) is 0 Å². The summed E-state index contributed by atoms with van der Waals surface area (Å²) in [5.74, 6) is 0.315. The summed E-state index contributed by atoms with van der Waals surface area (Å²) in [7, 11) is 0. The number of aliphatic hydroxyl groups is 1. The maximum atomic E-state index is 11.1. The van der Waals surface area contributed by atoms with Gasteiger partial charge in [0.2, 0.25) is 0 Å². The Hall–Kier alpha value is -1.21. The van der Waals surface area contributed by atoms with Crippen molar-refractivity contribution in [1.29, 1.82) is 0 Å². The van der Waals surface area contributed by atoms with Crippen molar-refractivity contribution in [2.45, 2.75) is 19.4 Å². The van der Waals surface area contributed by atoms with Crippen LogP contribution in [-0.4, -0.2) is 34.2 Å². The van der Waals surface area contributed by atoms with Gasteiger partial charge >= 0.3 is 5.69 Å². The normalized spacial score (nSPS) is 23.4. The summed E-state index contributed by atoms with van der Waals surface area (Å²) in [6.07, 6.45) is 3.70. The summed E-state index contributed by atoms with van der Waals surface area (Å²) in [5, 5.41) is 20.5. The predicted octanol–water partition coefficient (Wildman–Crippen LogP) is 1.96. The second kappa shape index (κ2) is 5.19. The lowest BCUT2D eigenvalue weighted by Crippen LogP contribution is -2.35. The number of pyridine rings is 1. The summed E-state index contributed by atoms with van der Waals surface area (Å²) in [5.41, 5.74) is 0.482. The highest BCUT2D eigenvalue weighted by molar-refractivity contribution is 9.10. The molecule has 98 valence electrons. The molecule has 1 saturated heterocycles. The third kappa shape index (κ3) is 2.20. The highest BCUT2D eigenvalue weighted by Gasteiger charge is 2.35. The van der Waals surface area contributed by atoms with Crippen molar-refractivity contribution in [1.82, 2.24) is 4.98 Å². The topological polar surface area (TPSA) is 79.5 Å². The Morgan fingerprint density at radius 3 is 3.00 bits per heavy atom. The van der Waals surface area contributed by atoms with Gasteiger partial charge < -0.3 is 10.0 Å². The molecule has 1 fully saturated rings. The van der Waals surface area contributed by atoms with E-state index in [1.165, 1.54) is 6.20 Å². The lowest BCUT2D eigenvalue weighted by molar-refractivity contribution is -0.384. The van der Waals surface area contributed by atoms with Crippen molar-refractivity contribution in [3.05, 3.63) is 27.0 Å². The zero-order valence-electron chi connectivity index (χ0n) is 9.91. The summed E-state index contributed by atoms with van der Waals surface area (Å²) >= 11 is 3.31. The zero-order valence-corrected chi connectivity index (χ0v) is 11.5. The van der Waals surface area contributed by atoms with E-state index >= 15 is 0 Å². The van der Waals surface area contributed by atoms with Gasteiger partial charge in [-0.15, -0.1) is 0 Å². The van der Waals surface area contributed by atoms with E-state index in [0.717, 1.165) is 6.42 Å². The number of aliphatic hydroxyl groups excluding tert-OH is 1. The smallest absolute Gasteiger partial charge is 0.311 e. The van der Waals surface area contributed by atoms with E-state index in [9.17, 15) is 15.2 Å². The van der Waals surface area contributed by atoms with Crippen molar-refractivity contribution < 1.29 is 10.0 Å². The number of rotatable bonds is 3. The Balaban J connectivity index is 2.47. The Morgan fingerprint density at radius 2 is 2.39 bits per heavy atom. The van der Waals surface area contributed by atoms with Crippen LogP contribution >= 0.6 is 15.9 Å². The average Bonchev–Trinajstić information content (AvgIpc) is 2.69. The molecule has 0 aromatic carbocycles. The van der Waals surface area contributed by atoms with Crippen molar-refractivity contribution in [3.63, 3.8) is 0 Å². The van der Waals surface area contributed by atoms with Crippen LogP contribution in [0, 0.1) is 16.0 Å². The molecule has 2 heterocycles. The molecule has 2 atom stereocenters. The number of anilines is 1. The van der Waals surface area contributed by atoms with Crippen LogP contribution in [0.1, 0.15) is 13.3 Å². The van der Waals surface area contributed by atoms with Crippen LogP contribution in [0.25, 0.3) is 0 Å². The van der Waals surface area contributed by atoms with Crippen LogP contribution in [-0.2, 0) is 0 Å². The van der Waals surface area contributed by atoms with E-state index in [1.54, 1.807) is 6.20 Å². The molecular formula is C11H14BrN3O3. The molecule has 2 rings (SSSR count). The van der Waals surface area contributed by atoms with Crippen LogP contribution < -0.4 is 4.90 Å². The Bertz CT molecular complexity index is 469. The molecule has 18 heavy (non-hydrogen) atoms. The summed E-state index contributed by atoms with van der Waals surface area (Å²) in [6, 6.07) is -0.0811. The molecule has 0 bridgehead atoms. The minimum Gasteiger partial charge on any atom is -0.394 e. The maximum absolute atomic E-state index is 11.1. The SMILES string of the molecule is CC1CCN(c2c(Br)cncc2[N+](=O)[O-])C1CO. The zero-order chi connectivity index (χ0) is 13.3. The molecule has 6 nitrogen and oxygen atoms in total. The first-order chi connectivity index (χ1) is 8.56. The average molecular weight is 316 g/mol. The van der Waals surface area contributed by atoms with E-state index < -0.39 is 4.92 Å². The molecular weight excluding hydrogens is 302 g/mol. The lowest BCUT2D eigenvalue weighted by Gasteiger charge is -2.27. The fourth-order valence-electron chi connectivity index (χ4n) is 2.40. The molecule has 1 aliphatic rings. The Labute approximate surface area is 113 Å². The van der Waals surface area contributed by atoms with Crippen molar-refractivity contribution >= 4 is 27.3 Å². The lowest BCUT2D eigenvalue weighted by atomic mass is 10.0. The monoisotopic (exact) mass is 315 g/mol. The molecule has 1 aliphatic heterocycles. The van der Waals surface area contributed by atoms with Gasteiger partial charge in [0.1, 0.15) is 11.9 Å². The van der Waals surface area contributed by atoms with Crippen LogP contribution in [0.15, 0.2) is 16.9 Å². The molecule has 1 aromatic rings. The van der Waals surface area contributed by atoms with Crippen molar-refractivity contribution in [3.8, 4) is 0 Å². The molecule has 0 amide bonds. The van der Waals surface area contributed by atoms with Gasteiger partial charge in [0.05, 0.1) is 22.0 Å². The number of halogens is 1. The quantitative estimate of drug-likeness (QED) is 0.681. The van der Waals surface area contributed by atoms with E-state index in [2.05, 4.69) is 20.9 Å². The third-order valence-corrected chi connectivity index (χ3v) is 3.99. The summed E-state index contributed by atoms with van der Waals surface area (Å²) in [4.78, 5) is 16.3. The second-order valence-corrected chi connectivity index (χ2v) is 5.31. The molecule has 1 N–H and O–H groups in total. The highest BCUT2D eigenvalue weighted by atomic mass is 79.9. The van der Waals surface area contributed by atoms with Crippen LogP contribution in [0.2, 0.25) is 0 Å². The largest absolute Gasteiger partial charge is 0.394 e. The number of hydrogen-bond acceptors (Lipinski definition) is 5. The molecule has 0 saturated carbocycles. The Kier molecular flexibility index (Phi) is 3.82. The Morgan fingerprint density at radius 1 is 1.67 bits per heavy atom. The van der Waals surface area contributed by atoms with Gasteiger partial charge in [0.15, 0.2) is 0 Å². The molecule has 0 aliphatic carbocycles. The first-order valence-electron chi connectivity index (χ1n) is 5.71. The first kappa shape index (κ1) is 13.2. The fourth-order valence-corrected chi connectivity index (χ4v) is 2.95. The van der Waals surface area contributed by atoms with Gasteiger partial charge in [-0.1, -0.05) is 6.92 Å². The van der Waals surface area contributed by atoms with Gasteiger partial charge in [0.25, 0.3) is 0 Å². The molecule has 0 spiro atoms. The van der Waals surface area contributed by atoms with Crippen molar-refractivity contribution in [2.24, 2.45) is 5.92 Å². The molecule has 7 heteroatoms.